The highest BCUT2D eigenvalue weighted by Crippen LogP contribution is 1.94. The van der Waals surface area contributed by atoms with E-state index in [1.807, 2.05) is 20.8 Å². The smallest absolute Gasteiger partial charge is 0.183 e. The molecular weight excluding hydrogens is 104 g/mol. The lowest BCUT2D eigenvalue weighted by atomic mass is 10.8. The maximum Gasteiger partial charge on any atom is 0.183 e. The zero-order valence-electron chi connectivity index (χ0n) is 5.94. The predicted molar refractivity (Wildman–Crippen MR) is 33.8 cm³/mol. The van der Waals surface area contributed by atoms with Crippen molar-refractivity contribution in [2.24, 2.45) is 0 Å². The molecule has 0 atom stereocenters. The van der Waals surface area contributed by atoms with E-state index in [0.717, 1.165) is 19.8 Å². The molecule has 0 radical (unpaired) electrons. The Morgan fingerprint density at radius 3 is 1.75 bits per heavy atom. The van der Waals surface area contributed by atoms with Crippen LogP contribution >= 0.6 is 0 Å². The largest absolute Gasteiger partial charge is 0.241 e. The van der Waals surface area contributed by atoms with Crippen molar-refractivity contribution in [1.82, 2.24) is 0 Å². The third-order valence-corrected chi connectivity index (χ3v) is 0.928. The molecule has 0 rings (SSSR count). The van der Waals surface area contributed by atoms with Crippen molar-refractivity contribution < 1.29 is 9.41 Å². The molecule has 0 aliphatic heterocycles. The van der Waals surface area contributed by atoms with Crippen LogP contribution in [0.25, 0.3) is 0 Å². The first kappa shape index (κ1) is 7.92. The van der Waals surface area contributed by atoms with Crippen LogP contribution in [0.2, 0.25) is 0 Å². The van der Waals surface area contributed by atoms with E-state index in [9.17, 15) is 0 Å². The van der Waals surface area contributed by atoms with Gasteiger partial charge in [-0.15, -0.1) is 4.89 Å². The molecule has 0 fully saturated rings. The summed E-state index contributed by atoms with van der Waals surface area (Å²) < 4.78 is 2.65. The first-order chi connectivity index (χ1) is 3.85. The average Bonchev–Trinajstić information content (AvgIpc) is 1.83. The predicted octanol–water partition coefficient (Wildman–Crippen LogP) is 1.53. The van der Waals surface area contributed by atoms with E-state index in [1.54, 1.807) is 0 Å². The molecule has 0 saturated carbocycles. The second-order valence-corrected chi connectivity index (χ2v) is 1.42. The monoisotopic (exact) mass is 119 g/mol. The summed E-state index contributed by atoms with van der Waals surface area (Å²) in [5.41, 5.74) is 0. The van der Waals surface area contributed by atoms with Crippen LogP contribution < -0.4 is 0 Å². The summed E-state index contributed by atoms with van der Waals surface area (Å²) in [6.45, 7) is 8.60. The first-order valence-corrected chi connectivity index (χ1v) is 3.15. The number of hydrogen-bond donors (Lipinski definition) is 0. The van der Waals surface area contributed by atoms with E-state index < -0.39 is 0 Å². The second-order valence-electron chi connectivity index (χ2n) is 1.42. The Morgan fingerprint density at radius 2 is 1.62 bits per heavy atom. The maximum absolute atomic E-state index is 5.09. The third-order valence-electron chi connectivity index (χ3n) is 0.928. The lowest BCUT2D eigenvalue weighted by molar-refractivity contribution is -0.452. The Hall–Kier alpha value is -0.0800. The Balaban J connectivity index is 3.07. The maximum atomic E-state index is 5.09. The van der Waals surface area contributed by atoms with Gasteiger partial charge in [-0.05, 0) is 6.92 Å². The molecule has 0 N–H and O–H groups in total. The normalized spacial score (nSPS) is 10.5. The van der Waals surface area contributed by atoms with Crippen molar-refractivity contribution in [3.05, 3.63) is 0 Å². The van der Waals surface area contributed by atoms with Crippen LogP contribution in [-0.4, -0.2) is 19.8 Å². The molecule has 2 heteroatoms. The van der Waals surface area contributed by atoms with Crippen LogP contribution in [-0.2, 0) is 9.41 Å². The van der Waals surface area contributed by atoms with Gasteiger partial charge in [-0.3, -0.25) is 0 Å². The molecule has 8 heavy (non-hydrogen) atoms. The van der Waals surface area contributed by atoms with Gasteiger partial charge in [0.25, 0.3) is 0 Å². The third kappa shape index (κ3) is 2.99. The summed E-state index contributed by atoms with van der Waals surface area (Å²) in [6.07, 6.45) is 0. The van der Waals surface area contributed by atoms with E-state index >= 15 is 0 Å². The fraction of sp³-hybridized carbons (Fsp3) is 1.00. The van der Waals surface area contributed by atoms with E-state index in [0.29, 0.717) is 0 Å². The van der Waals surface area contributed by atoms with Crippen LogP contribution in [0.5, 0.6) is 0 Å². The average molecular weight is 119 g/mol. The van der Waals surface area contributed by atoms with Crippen molar-refractivity contribution in [1.29, 1.82) is 0 Å². The fourth-order valence-electron chi connectivity index (χ4n) is 0.537. The first-order valence-electron chi connectivity index (χ1n) is 3.15. The molecule has 0 spiro atoms. The van der Waals surface area contributed by atoms with Gasteiger partial charge in [0.05, 0.1) is 0 Å². The van der Waals surface area contributed by atoms with E-state index in [-0.39, 0.29) is 0 Å². The highest BCUT2D eigenvalue weighted by molar-refractivity contribution is 4.16. The van der Waals surface area contributed by atoms with E-state index in [4.69, 9.17) is 4.89 Å². The summed E-state index contributed by atoms with van der Waals surface area (Å²) in [7, 11) is 0. The van der Waals surface area contributed by atoms with Crippen LogP contribution in [0.15, 0.2) is 0 Å². The molecule has 0 aliphatic carbocycles. The van der Waals surface area contributed by atoms with Crippen molar-refractivity contribution in [3.63, 3.8) is 0 Å². The van der Waals surface area contributed by atoms with Gasteiger partial charge in [-0.1, -0.05) is 0 Å². The molecule has 0 aromatic carbocycles. The summed E-state index contributed by atoms with van der Waals surface area (Å²) in [6, 6.07) is 0. The summed E-state index contributed by atoms with van der Waals surface area (Å²) in [4.78, 5) is 5.09. The highest BCUT2D eigenvalue weighted by atomic mass is 17.3. The van der Waals surface area contributed by atoms with E-state index in [1.165, 1.54) is 0 Å². The molecule has 0 aliphatic rings. The summed E-state index contributed by atoms with van der Waals surface area (Å²) in [5, 5.41) is 0. The van der Waals surface area contributed by atoms with Gasteiger partial charge in [-0.25, -0.2) is 4.52 Å². The van der Waals surface area contributed by atoms with Gasteiger partial charge in [-0.2, -0.15) is 0 Å². The molecule has 50 valence electrons. The SMILES string of the molecule is CCO[O+](CC)CC. The van der Waals surface area contributed by atoms with Crippen molar-refractivity contribution >= 4 is 0 Å². The topological polar surface area (TPSA) is 11.9 Å². The Kier molecular flexibility index (Phi) is 5.01. The van der Waals surface area contributed by atoms with E-state index in [2.05, 4.69) is 4.52 Å². The zero-order valence-corrected chi connectivity index (χ0v) is 5.94. The van der Waals surface area contributed by atoms with Crippen molar-refractivity contribution in [2.75, 3.05) is 19.8 Å². The van der Waals surface area contributed by atoms with Crippen molar-refractivity contribution in [2.45, 2.75) is 20.8 Å². The Labute approximate surface area is 51.0 Å². The van der Waals surface area contributed by atoms with Gasteiger partial charge >= 0.3 is 0 Å². The molecular formula is C6H15O2+. The van der Waals surface area contributed by atoms with Crippen LogP contribution in [0.1, 0.15) is 20.8 Å². The van der Waals surface area contributed by atoms with Gasteiger partial charge in [0, 0.05) is 13.8 Å². The lowest BCUT2D eigenvalue weighted by Crippen LogP contribution is -2.13. The van der Waals surface area contributed by atoms with Crippen LogP contribution in [0, 0.1) is 0 Å². The van der Waals surface area contributed by atoms with Gasteiger partial charge in [0.15, 0.2) is 13.2 Å². The minimum absolute atomic E-state index is 0.742. The van der Waals surface area contributed by atoms with Crippen molar-refractivity contribution in [3.8, 4) is 0 Å². The second kappa shape index (κ2) is 5.06. The molecule has 0 bridgehead atoms. The standard InChI is InChI=1S/C6H15O2/c1-4-7-8(5-2)6-3/h4-6H2,1-3H3/q+1. The molecule has 2 nitrogen and oxygen atoms in total. The minimum Gasteiger partial charge on any atom is -0.241 e. The fourth-order valence-corrected chi connectivity index (χ4v) is 0.537. The van der Waals surface area contributed by atoms with Gasteiger partial charge in [0.2, 0.25) is 0 Å². The molecule has 0 aromatic rings. The zero-order chi connectivity index (χ0) is 6.41. The van der Waals surface area contributed by atoms with Gasteiger partial charge in [0.1, 0.15) is 6.61 Å². The Bertz CT molecular complexity index is 41.8. The van der Waals surface area contributed by atoms with Gasteiger partial charge < -0.3 is 0 Å². The molecule has 0 amide bonds. The molecule has 0 saturated heterocycles. The molecule has 0 aromatic heterocycles. The summed E-state index contributed by atoms with van der Waals surface area (Å²) >= 11 is 0. The Morgan fingerprint density at radius 1 is 1.12 bits per heavy atom. The van der Waals surface area contributed by atoms with Crippen LogP contribution in [0.4, 0.5) is 0 Å². The number of rotatable bonds is 4. The quantitative estimate of drug-likeness (QED) is 0.310. The lowest BCUT2D eigenvalue weighted by Gasteiger charge is -2.08. The minimum atomic E-state index is 0.742. The number of hydrogen-bond acceptors (Lipinski definition) is 1. The summed E-state index contributed by atoms with van der Waals surface area (Å²) in [5.74, 6) is 0. The molecule has 0 heterocycles. The highest BCUT2D eigenvalue weighted by Gasteiger charge is 2.00. The van der Waals surface area contributed by atoms with Crippen LogP contribution in [0.3, 0.4) is 0 Å². The molecule has 0 unspecified atom stereocenters.